The number of halogens is 3. The first-order valence-electron chi connectivity index (χ1n) is 3.40. The molecule has 0 aliphatic carbocycles. The highest BCUT2D eigenvalue weighted by Gasteiger charge is 2.14. The number of rotatable bonds is 2. The normalized spacial score (nSPS) is 10.1. The van der Waals surface area contributed by atoms with Crippen molar-refractivity contribution >= 4 is 39.0 Å². The lowest BCUT2D eigenvalue weighted by molar-refractivity contribution is 0.102. The van der Waals surface area contributed by atoms with Crippen LogP contribution in [0.25, 0.3) is 0 Å². The Bertz CT molecular complexity index is 333. The maximum absolute atomic E-state index is 13.1. The van der Waals surface area contributed by atoms with Crippen LogP contribution in [0.5, 0.6) is 0 Å². The second-order valence-electron chi connectivity index (χ2n) is 2.41. The molecule has 0 aliphatic rings. The lowest BCUT2D eigenvalue weighted by Gasteiger charge is -2.04. The fourth-order valence-corrected chi connectivity index (χ4v) is 1.45. The summed E-state index contributed by atoms with van der Waals surface area (Å²) in [6, 6.07) is 2.41. The first-order valence-corrected chi connectivity index (χ1v) is 4.90. The summed E-state index contributed by atoms with van der Waals surface area (Å²) >= 11 is 8.46. The van der Waals surface area contributed by atoms with E-state index in [1.54, 1.807) is 0 Å². The number of carbonyl (C=O) groups is 1. The molecule has 1 aromatic carbocycles. The van der Waals surface area contributed by atoms with Crippen molar-refractivity contribution < 1.29 is 9.18 Å². The average Bonchev–Trinajstić information content (AvgIpc) is 2.02. The summed E-state index contributed by atoms with van der Waals surface area (Å²) in [5, 5.41) is 0.219. The first-order chi connectivity index (χ1) is 6.06. The van der Waals surface area contributed by atoms with Gasteiger partial charge in [0.05, 0.1) is 10.9 Å². The largest absolute Gasteiger partial charge is 0.398 e. The van der Waals surface area contributed by atoms with Crippen LogP contribution in [0, 0.1) is 5.82 Å². The summed E-state index contributed by atoms with van der Waals surface area (Å²) in [7, 11) is 0. The monoisotopic (exact) mass is 265 g/mol. The van der Waals surface area contributed by atoms with Gasteiger partial charge in [-0.1, -0.05) is 27.5 Å². The van der Waals surface area contributed by atoms with Crippen LogP contribution in [0.3, 0.4) is 0 Å². The van der Waals surface area contributed by atoms with Gasteiger partial charge in [-0.15, -0.1) is 0 Å². The summed E-state index contributed by atoms with van der Waals surface area (Å²) in [5.74, 6) is -1.08. The van der Waals surface area contributed by atoms with Gasteiger partial charge in [0, 0.05) is 10.7 Å². The molecule has 0 amide bonds. The summed E-state index contributed by atoms with van der Waals surface area (Å²) in [6.45, 7) is 0. The van der Waals surface area contributed by atoms with Crippen LogP contribution in [-0.4, -0.2) is 11.1 Å². The highest BCUT2D eigenvalue weighted by Crippen LogP contribution is 2.22. The number of anilines is 1. The van der Waals surface area contributed by atoms with Gasteiger partial charge in [0.25, 0.3) is 0 Å². The third-order valence-corrected chi connectivity index (χ3v) is 2.21. The van der Waals surface area contributed by atoms with Crippen LogP contribution in [0.15, 0.2) is 12.1 Å². The second-order valence-corrected chi connectivity index (χ2v) is 3.41. The second kappa shape index (κ2) is 4.07. The Balaban J connectivity index is 3.28. The lowest BCUT2D eigenvalue weighted by Crippen LogP contribution is -2.07. The molecule has 0 radical (unpaired) electrons. The van der Waals surface area contributed by atoms with E-state index >= 15 is 0 Å². The molecule has 0 aromatic heterocycles. The Morgan fingerprint density at radius 2 is 2.23 bits per heavy atom. The topological polar surface area (TPSA) is 43.1 Å². The zero-order valence-electron chi connectivity index (χ0n) is 6.48. The molecule has 0 spiro atoms. The first kappa shape index (κ1) is 10.5. The van der Waals surface area contributed by atoms with Crippen LogP contribution in [0.4, 0.5) is 10.1 Å². The summed E-state index contributed by atoms with van der Waals surface area (Å²) in [6.07, 6.45) is 0. The number of nitrogens with two attached hydrogens (primary N) is 1. The summed E-state index contributed by atoms with van der Waals surface area (Å²) in [5.41, 5.74) is 5.39. The Morgan fingerprint density at radius 1 is 1.62 bits per heavy atom. The number of nitrogen functional groups attached to an aromatic ring is 1. The number of hydrogen-bond acceptors (Lipinski definition) is 2. The maximum Gasteiger partial charge on any atom is 0.178 e. The fourth-order valence-electron chi connectivity index (χ4n) is 0.954. The molecule has 2 nitrogen and oxygen atoms in total. The Hall–Kier alpha value is -0.610. The van der Waals surface area contributed by atoms with Crippen LogP contribution < -0.4 is 5.73 Å². The van der Waals surface area contributed by atoms with Crippen LogP contribution in [0.1, 0.15) is 10.4 Å². The average molecular weight is 266 g/mol. The van der Waals surface area contributed by atoms with Gasteiger partial charge in [-0.05, 0) is 12.1 Å². The molecule has 0 fully saturated rings. The summed E-state index contributed by atoms with van der Waals surface area (Å²) < 4.78 is 13.1. The molecule has 0 bridgehead atoms. The van der Waals surface area contributed by atoms with Crippen molar-refractivity contribution in [2.24, 2.45) is 0 Å². The number of carbonyl (C=O) groups excluding carboxylic acids is 1. The molecule has 1 rings (SSSR count). The number of ketones is 1. The van der Waals surface area contributed by atoms with E-state index in [1.165, 1.54) is 6.07 Å². The van der Waals surface area contributed by atoms with Crippen LogP contribution in [0.2, 0.25) is 5.02 Å². The Morgan fingerprint density at radius 3 is 2.69 bits per heavy atom. The molecule has 0 saturated heterocycles. The van der Waals surface area contributed by atoms with Gasteiger partial charge in [0.1, 0.15) is 5.82 Å². The maximum atomic E-state index is 13.1. The highest BCUT2D eigenvalue weighted by molar-refractivity contribution is 9.09. The lowest BCUT2D eigenvalue weighted by atomic mass is 10.1. The SMILES string of the molecule is Nc1cc(Cl)cc(F)c1C(=O)CBr. The van der Waals surface area contributed by atoms with E-state index in [4.69, 9.17) is 17.3 Å². The van der Waals surface area contributed by atoms with Crippen LogP contribution >= 0.6 is 27.5 Å². The van der Waals surface area contributed by atoms with Crippen molar-refractivity contribution in [1.82, 2.24) is 0 Å². The smallest absolute Gasteiger partial charge is 0.178 e. The van der Waals surface area contributed by atoms with Crippen LogP contribution in [-0.2, 0) is 0 Å². The minimum Gasteiger partial charge on any atom is -0.398 e. The number of hydrogen-bond donors (Lipinski definition) is 1. The van der Waals surface area contributed by atoms with E-state index in [0.717, 1.165) is 6.07 Å². The molecular formula is C8H6BrClFNO. The van der Waals surface area contributed by atoms with E-state index < -0.39 is 11.6 Å². The number of alkyl halides is 1. The van der Waals surface area contributed by atoms with E-state index in [1.807, 2.05) is 0 Å². The Kier molecular flexibility index (Phi) is 3.27. The molecule has 1 aromatic rings. The summed E-state index contributed by atoms with van der Waals surface area (Å²) in [4.78, 5) is 11.2. The zero-order chi connectivity index (χ0) is 10.0. The number of Topliss-reactive ketones (excluding diaryl/α,β-unsaturated/α-hetero) is 1. The van der Waals surface area contributed by atoms with Crippen molar-refractivity contribution in [3.63, 3.8) is 0 Å². The zero-order valence-corrected chi connectivity index (χ0v) is 8.82. The molecule has 0 atom stereocenters. The Labute approximate surface area is 88.0 Å². The molecule has 2 N–H and O–H groups in total. The molecular weight excluding hydrogens is 260 g/mol. The highest BCUT2D eigenvalue weighted by atomic mass is 79.9. The third kappa shape index (κ3) is 2.19. The minimum atomic E-state index is -0.686. The van der Waals surface area contributed by atoms with Crippen molar-refractivity contribution in [2.75, 3.05) is 11.1 Å². The van der Waals surface area contributed by atoms with E-state index in [2.05, 4.69) is 15.9 Å². The molecule has 70 valence electrons. The predicted molar refractivity (Wildman–Crippen MR) is 53.9 cm³/mol. The minimum absolute atomic E-state index is 0.0375. The van der Waals surface area contributed by atoms with Crippen molar-refractivity contribution in [3.8, 4) is 0 Å². The van der Waals surface area contributed by atoms with Gasteiger partial charge in [-0.2, -0.15) is 0 Å². The van der Waals surface area contributed by atoms with Gasteiger partial charge in [0.2, 0.25) is 0 Å². The van der Waals surface area contributed by atoms with Gasteiger partial charge >= 0.3 is 0 Å². The predicted octanol–water partition coefficient (Wildman–Crippen LogP) is 2.64. The molecule has 13 heavy (non-hydrogen) atoms. The molecule has 0 unspecified atom stereocenters. The molecule has 0 heterocycles. The van der Waals surface area contributed by atoms with Crippen molar-refractivity contribution in [2.45, 2.75) is 0 Å². The molecule has 5 heteroatoms. The fraction of sp³-hybridized carbons (Fsp3) is 0.125. The van der Waals surface area contributed by atoms with Gasteiger partial charge < -0.3 is 5.73 Å². The van der Waals surface area contributed by atoms with Gasteiger partial charge in [-0.25, -0.2) is 4.39 Å². The standard InChI is InChI=1S/C8H6BrClFNO/c9-3-7(13)8-5(11)1-4(10)2-6(8)12/h1-2H,3,12H2. The van der Waals surface area contributed by atoms with Crippen molar-refractivity contribution in [1.29, 1.82) is 0 Å². The third-order valence-electron chi connectivity index (χ3n) is 1.49. The quantitative estimate of drug-likeness (QED) is 0.508. The van der Waals surface area contributed by atoms with E-state index in [-0.39, 0.29) is 21.6 Å². The molecule has 0 aliphatic heterocycles. The van der Waals surface area contributed by atoms with E-state index in [9.17, 15) is 9.18 Å². The van der Waals surface area contributed by atoms with E-state index in [0.29, 0.717) is 0 Å². The van der Waals surface area contributed by atoms with Gasteiger partial charge in [-0.3, -0.25) is 4.79 Å². The van der Waals surface area contributed by atoms with Gasteiger partial charge in [0.15, 0.2) is 5.78 Å². The molecule has 0 saturated carbocycles. The number of benzene rings is 1. The van der Waals surface area contributed by atoms with Crippen molar-refractivity contribution in [3.05, 3.63) is 28.5 Å².